The zero-order valence-electron chi connectivity index (χ0n) is 9.76. The van der Waals surface area contributed by atoms with Crippen molar-refractivity contribution in [1.82, 2.24) is 5.32 Å². The number of nitrogens with zero attached hydrogens (tertiary/aromatic N) is 1. The fourth-order valence-corrected chi connectivity index (χ4v) is 1.36. The van der Waals surface area contributed by atoms with Gasteiger partial charge in [0.05, 0.1) is 11.5 Å². The van der Waals surface area contributed by atoms with E-state index in [0.717, 1.165) is 0 Å². The lowest BCUT2D eigenvalue weighted by Crippen LogP contribution is -2.29. The van der Waals surface area contributed by atoms with E-state index in [2.05, 4.69) is 11.4 Å². The van der Waals surface area contributed by atoms with Gasteiger partial charge in [-0.1, -0.05) is 18.2 Å². The van der Waals surface area contributed by atoms with E-state index in [1.54, 1.807) is 12.1 Å². The Bertz CT molecular complexity index is 380. The van der Waals surface area contributed by atoms with Gasteiger partial charge < -0.3 is 5.32 Å². The Morgan fingerprint density at radius 1 is 1.38 bits per heavy atom. The summed E-state index contributed by atoms with van der Waals surface area (Å²) in [5.41, 5.74) is 0.347. The van der Waals surface area contributed by atoms with Crippen molar-refractivity contribution >= 4 is 0 Å². The average molecular weight is 220 g/mol. The summed E-state index contributed by atoms with van der Waals surface area (Å²) in [7, 11) is 0. The molecule has 0 saturated heterocycles. The Morgan fingerprint density at radius 2 is 2.06 bits per heavy atom. The molecule has 0 aromatic heterocycles. The number of hydrogen-bond donors (Lipinski definition) is 1. The molecule has 0 aliphatic heterocycles. The van der Waals surface area contributed by atoms with Crippen LogP contribution in [-0.2, 0) is 6.42 Å². The van der Waals surface area contributed by atoms with E-state index in [4.69, 9.17) is 5.26 Å². The van der Waals surface area contributed by atoms with Crippen LogP contribution in [0.3, 0.4) is 0 Å². The van der Waals surface area contributed by atoms with Gasteiger partial charge in [-0.25, -0.2) is 4.39 Å². The minimum Gasteiger partial charge on any atom is -0.315 e. The van der Waals surface area contributed by atoms with Gasteiger partial charge in [-0.3, -0.25) is 0 Å². The fourth-order valence-electron chi connectivity index (χ4n) is 1.36. The van der Waals surface area contributed by atoms with Gasteiger partial charge in [0.1, 0.15) is 5.82 Å². The van der Waals surface area contributed by atoms with Gasteiger partial charge in [0.15, 0.2) is 0 Å². The zero-order valence-corrected chi connectivity index (χ0v) is 9.76. The quantitative estimate of drug-likeness (QED) is 0.774. The van der Waals surface area contributed by atoms with E-state index in [1.165, 1.54) is 6.07 Å². The third-order valence-electron chi connectivity index (χ3n) is 2.40. The molecular formula is C13H17FN2. The summed E-state index contributed by atoms with van der Waals surface area (Å²) in [5.74, 6) is -0.163. The smallest absolute Gasteiger partial charge is 0.126 e. The SMILES string of the molecule is CC(C)(C#N)CNCCc1ccccc1F. The first kappa shape index (κ1) is 12.7. The Balaban J connectivity index is 2.33. The molecule has 2 nitrogen and oxygen atoms in total. The fraction of sp³-hybridized carbons (Fsp3) is 0.462. The van der Waals surface area contributed by atoms with Crippen LogP contribution in [0.5, 0.6) is 0 Å². The van der Waals surface area contributed by atoms with Gasteiger partial charge in [-0.2, -0.15) is 5.26 Å². The normalized spacial score (nSPS) is 11.1. The van der Waals surface area contributed by atoms with Crippen molar-refractivity contribution in [2.45, 2.75) is 20.3 Å². The van der Waals surface area contributed by atoms with Crippen LogP contribution in [0.15, 0.2) is 24.3 Å². The second kappa shape index (κ2) is 5.62. The molecule has 86 valence electrons. The van der Waals surface area contributed by atoms with Crippen molar-refractivity contribution in [1.29, 1.82) is 5.26 Å². The van der Waals surface area contributed by atoms with Gasteiger partial charge in [-0.05, 0) is 38.4 Å². The molecule has 0 radical (unpaired) electrons. The molecule has 1 N–H and O–H groups in total. The molecule has 1 rings (SSSR count). The molecule has 0 amide bonds. The maximum atomic E-state index is 13.2. The number of benzene rings is 1. The van der Waals surface area contributed by atoms with Crippen LogP contribution in [0.25, 0.3) is 0 Å². The molecule has 1 aromatic carbocycles. The highest BCUT2D eigenvalue weighted by Crippen LogP contribution is 2.11. The van der Waals surface area contributed by atoms with Crippen LogP contribution in [-0.4, -0.2) is 13.1 Å². The number of rotatable bonds is 5. The predicted molar refractivity (Wildman–Crippen MR) is 62.4 cm³/mol. The van der Waals surface area contributed by atoms with Crippen molar-refractivity contribution in [2.75, 3.05) is 13.1 Å². The average Bonchev–Trinajstić information content (AvgIpc) is 2.27. The van der Waals surface area contributed by atoms with Crippen LogP contribution in [0.4, 0.5) is 4.39 Å². The minimum absolute atomic E-state index is 0.163. The van der Waals surface area contributed by atoms with Crippen molar-refractivity contribution in [3.63, 3.8) is 0 Å². The van der Waals surface area contributed by atoms with Crippen LogP contribution in [0, 0.1) is 22.6 Å². The van der Waals surface area contributed by atoms with E-state index < -0.39 is 0 Å². The van der Waals surface area contributed by atoms with Crippen molar-refractivity contribution in [2.24, 2.45) is 5.41 Å². The Hall–Kier alpha value is -1.40. The molecule has 0 spiro atoms. The first-order valence-corrected chi connectivity index (χ1v) is 5.40. The molecular weight excluding hydrogens is 203 g/mol. The summed E-state index contributed by atoms with van der Waals surface area (Å²) < 4.78 is 13.2. The Morgan fingerprint density at radius 3 is 2.69 bits per heavy atom. The Kier molecular flexibility index (Phi) is 4.45. The maximum absolute atomic E-state index is 13.2. The molecule has 0 aliphatic rings. The van der Waals surface area contributed by atoms with Crippen LogP contribution in [0.1, 0.15) is 19.4 Å². The van der Waals surface area contributed by atoms with Gasteiger partial charge >= 0.3 is 0 Å². The lowest BCUT2D eigenvalue weighted by Gasteiger charge is -2.15. The Labute approximate surface area is 96.1 Å². The number of hydrogen-bond acceptors (Lipinski definition) is 2. The standard InChI is InChI=1S/C13H17FN2/c1-13(2,9-15)10-16-8-7-11-5-3-4-6-12(11)14/h3-6,16H,7-8,10H2,1-2H3. The topological polar surface area (TPSA) is 35.8 Å². The second-order valence-corrected chi connectivity index (χ2v) is 4.51. The lowest BCUT2D eigenvalue weighted by molar-refractivity contribution is 0.446. The highest BCUT2D eigenvalue weighted by Gasteiger charge is 2.15. The predicted octanol–water partition coefficient (Wildman–Crippen LogP) is 2.51. The van der Waals surface area contributed by atoms with Gasteiger partial charge in [-0.15, -0.1) is 0 Å². The lowest BCUT2D eigenvalue weighted by atomic mass is 9.96. The van der Waals surface area contributed by atoms with Crippen molar-refractivity contribution in [3.8, 4) is 6.07 Å². The summed E-state index contributed by atoms with van der Waals surface area (Å²) in [6.07, 6.45) is 0.647. The molecule has 0 bridgehead atoms. The van der Waals surface area contributed by atoms with Gasteiger partial charge in [0.2, 0.25) is 0 Å². The number of nitriles is 1. The zero-order chi connectivity index (χ0) is 12.0. The summed E-state index contributed by atoms with van der Waals surface area (Å²) >= 11 is 0. The summed E-state index contributed by atoms with van der Waals surface area (Å²) in [5, 5.41) is 12.0. The highest BCUT2D eigenvalue weighted by atomic mass is 19.1. The first-order valence-electron chi connectivity index (χ1n) is 5.40. The molecule has 1 aromatic rings. The molecule has 0 aliphatic carbocycles. The third-order valence-corrected chi connectivity index (χ3v) is 2.40. The van der Waals surface area contributed by atoms with E-state index in [0.29, 0.717) is 25.1 Å². The summed E-state index contributed by atoms with van der Waals surface area (Å²) in [4.78, 5) is 0. The van der Waals surface area contributed by atoms with Crippen molar-refractivity contribution in [3.05, 3.63) is 35.6 Å². The van der Waals surface area contributed by atoms with E-state index >= 15 is 0 Å². The van der Waals surface area contributed by atoms with Crippen LogP contribution >= 0.6 is 0 Å². The van der Waals surface area contributed by atoms with E-state index in [1.807, 2.05) is 19.9 Å². The van der Waals surface area contributed by atoms with Gasteiger partial charge in [0.25, 0.3) is 0 Å². The van der Waals surface area contributed by atoms with Crippen molar-refractivity contribution < 1.29 is 4.39 Å². The van der Waals surface area contributed by atoms with Crippen LogP contribution in [0.2, 0.25) is 0 Å². The minimum atomic E-state index is -0.366. The first-order chi connectivity index (χ1) is 7.55. The molecule has 0 fully saturated rings. The number of halogens is 1. The molecule has 0 atom stereocenters. The van der Waals surface area contributed by atoms with E-state index in [-0.39, 0.29) is 11.2 Å². The third kappa shape index (κ3) is 4.00. The summed E-state index contributed by atoms with van der Waals surface area (Å²) in [6.45, 7) is 5.07. The molecule has 16 heavy (non-hydrogen) atoms. The second-order valence-electron chi connectivity index (χ2n) is 4.51. The number of nitrogens with one attached hydrogen (secondary N) is 1. The van der Waals surface area contributed by atoms with E-state index in [9.17, 15) is 4.39 Å². The highest BCUT2D eigenvalue weighted by molar-refractivity contribution is 5.17. The van der Waals surface area contributed by atoms with Crippen LogP contribution < -0.4 is 5.32 Å². The largest absolute Gasteiger partial charge is 0.315 e. The van der Waals surface area contributed by atoms with Gasteiger partial charge in [0, 0.05) is 6.54 Å². The molecule has 0 heterocycles. The summed E-state index contributed by atoms with van der Waals surface area (Å²) in [6, 6.07) is 8.98. The molecule has 3 heteroatoms. The molecule has 0 unspecified atom stereocenters. The maximum Gasteiger partial charge on any atom is 0.126 e. The monoisotopic (exact) mass is 220 g/mol. The molecule has 0 saturated carbocycles.